The van der Waals surface area contributed by atoms with Gasteiger partial charge in [-0.3, -0.25) is 14.6 Å². The Balaban J connectivity index is 2.02. The van der Waals surface area contributed by atoms with Gasteiger partial charge in [0, 0.05) is 18.7 Å². The number of amides is 1. The minimum absolute atomic E-state index is 0.133. The van der Waals surface area contributed by atoms with E-state index in [1.54, 1.807) is 6.07 Å². The quantitative estimate of drug-likeness (QED) is 0.469. The van der Waals surface area contributed by atoms with Crippen LogP contribution in [0.1, 0.15) is 77.5 Å². The fourth-order valence-corrected chi connectivity index (χ4v) is 4.11. The summed E-state index contributed by atoms with van der Waals surface area (Å²) in [5, 5.41) is 3.30. The predicted molar refractivity (Wildman–Crippen MR) is 119 cm³/mol. The number of thioether (sulfide) groups is 1. The first-order valence-electron chi connectivity index (χ1n) is 10.7. The van der Waals surface area contributed by atoms with Gasteiger partial charge in [0.15, 0.2) is 5.78 Å². The zero-order valence-corrected chi connectivity index (χ0v) is 18.9. The Hall–Kier alpha value is -2.09. The second kappa shape index (κ2) is 12.6. The Morgan fingerprint density at radius 1 is 1.23 bits per heavy atom. The molecule has 0 aliphatic carbocycles. The highest BCUT2D eigenvalue weighted by molar-refractivity contribution is 8.16. The topological polar surface area (TPSA) is 98.0 Å². The van der Waals surface area contributed by atoms with Crippen LogP contribution in [0.4, 0.5) is 0 Å². The lowest BCUT2D eigenvalue weighted by atomic mass is 10.1. The van der Waals surface area contributed by atoms with Crippen molar-refractivity contribution in [2.24, 2.45) is 4.99 Å². The molecule has 166 valence electrons. The first-order chi connectivity index (χ1) is 14.4. The van der Waals surface area contributed by atoms with Gasteiger partial charge in [-0.1, -0.05) is 46.0 Å². The molecule has 0 fully saturated rings. The molecule has 0 saturated carbocycles. The van der Waals surface area contributed by atoms with E-state index in [4.69, 9.17) is 9.15 Å². The normalized spacial score (nSPS) is 16.8. The molecule has 1 amide bonds. The number of rotatable bonds is 13. The molecule has 1 aromatic heterocycles. The van der Waals surface area contributed by atoms with Crippen LogP contribution in [-0.4, -0.2) is 35.1 Å². The summed E-state index contributed by atoms with van der Waals surface area (Å²) in [5.74, 6) is 0.860. The Morgan fingerprint density at radius 2 is 2.00 bits per heavy atom. The molecule has 2 atom stereocenters. The molecular weight excluding hydrogens is 404 g/mol. The van der Waals surface area contributed by atoms with Crippen LogP contribution in [0, 0.1) is 0 Å². The Labute approximate surface area is 182 Å². The van der Waals surface area contributed by atoms with Gasteiger partial charge in [0.05, 0.1) is 18.7 Å². The summed E-state index contributed by atoms with van der Waals surface area (Å²) in [6.07, 6.45) is 7.01. The molecule has 0 spiro atoms. The van der Waals surface area contributed by atoms with Crippen LogP contribution in [-0.2, 0) is 9.59 Å². The minimum atomic E-state index is -0.609. The van der Waals surface area contributed by atoms with Crippen molar-refractivity contribution in [1.29, 1.82) is 0 Å². The van der Waals surface area contributed by atoms with Crippen LogP contribution < -0.4 is 15.7 Å². The number of nitrogens with one attached hydrogen (secondary N) is 1. The summed E-state index contributed by atoms with van der Waals surface area (Å²) in [6.45, 7) is 6.15. The molecule has 2 unspecified atom stereocenters. The van der Waals surface area contributed by atoms with E-state index < -0.39 is 17.7 Å². The van der Waals surface area contributed by atoms with E-state index in [-0.39, 0.29) is 11.7 Å². The van der Waals surface area contributed by atoms with Gasteiger partial charge in [-0.05, 0) is 12.8 Å². The van der Waals surface area contributed by atoms with Crippen molar-refractivity contribution in [3.63, 3.8) is 0 Å². The van der Waals surface area contributed by atoms with E-state index in [1.165, 1.54) is 44.0 Å². The van der Waals surface area contributed by atoms with Gasteiger partial charge in [0.1, 0.15) is 22.6 Å². The lowest BCUT2D eigenvalue weighted by Crippen LogP contribution is -2.37. The molecule has 2 heterocycles. The summed E-state index contributed by atoms with van der Waals surface area (Å²) in [4.78, 5) is 40.3. The molecule has 2 rings (SSSR count). The zero-order valence-electron chi connectivity index (χ0n) is 18.1. The maximum atomic E-state index is 12.6. The van der Waals surface area contributed by atoms with Crippen molar-refractivity contribution in [3.05, 3.63) is 28.3 Å². The summed E-state index contributed by atoms with van der Waals surface area (Å²) >= 11 is 1.29. The summed E-state index contributed by atoms with van der Waals surface area (Å²) < 4.78 is 11.1. The third-order valence-corrected chi connectivity index (χ3v) is 5.92. The van der Waals surface area contributed by atoms with Gasteiger partial charge in [0.25, 0.3) is 0 Å². The zero-order chi connectivity index (χ0) is 21.9. The van der Waals surface area contributed by atoms with E-state index >= 15 is 0 Å². The highest BCUT2D eigenvalue weighted by atomic mass is 32.2. The highest BCUT2D eigenvalue weighted by Crippen LogP contribution is 2.24. The number of hydrogen-bond acceptors (Lipinski definition) is 7. The van der Waals surface area contributed by atoms with E-state index in [0.717, 1.165) is 19.3 Å². The molecule has 30 heavy (non-hydrogen) atoms. The number of hydrogen-bond donors (Lipinski definition) is 1. The molecule has 1 N–H and O–H groups in total. The van der Waals surface area contributed by atoms with Crippen LogP contribution in [0.15, 0.2) is 26.3 Å². The summed E-state index contributed by atoms with van der Waals surface area (Å²) in [7, 11) is 0. The third-order valence-electron chi connectivity index (χ3n) is 4.77. The van der Waals surface area contributed by atoms with Gasteiger partial charge < -0.3 is 14.5 Å². The number of carbonyl (C=O) groups excluding carboxylic acids is 2. The molecule has 1 aliphatic heterocycles. The van der Waals surface area contributed by atoms with Gasteiger partial charge >= 0.3 is 5.63 Å². The summed E-state index contributed by atoms with van der Waals surface area (Å²) in [6, 6.07) is 1.95. The Bertz CT molecular complexity index is 805. The number of nitrogens with zero attached hydrogens (tertiary/aromatic N) is 1. The number of carbonyl (C=O) groups is 2. The maximum absolute atomic E-state index is 12.6. The molecule has 0 saturated heterocycles. The molecule has 1 aliphatic rings. The van der Waals surface area contributed by atoms with Crippen LogP contribution in [0.5, 0.6) is 5.75 Å². The molecule has 0 bridgehead atoms. The fraction of sp³-hybridized carbons (Fsp3) is 0.636. The largest absolute Gasteiger partial charge is 0.493 e. The molecule has 1 aromatic rings. The molecule has 7 nitrogen and oxygen atoms in total. The maximum Gasteiger partial charge on any atom is 0.339 e. The molecule has 8 heteroatoms. The number of ether oxygens (including phenoxy) is 1. The SMILES string of the molecule is CCCCCCCOc1cc(C(CCC)NC(=O)C2CSC(C(C)=O)=N2)oc(=O)c1. The van der Waals surface area contributed by atoms with E-state index in [0.29, 0.717) is 35.3 Å². The monoisotopic (exact) mass is 436 g/mol. The van der Waals surface area contributed by atoms with E-state index in [2.05, 4.69) is 17.2 Å². The van der Waals surface area contributed by atoms with Gasteiger partial charge in [0.2, 0.25) is 5.91 Å². The molecule has 0 aromatic carbocycles. The number of ketones is 1. The lowest BCUT2D eigenvalue weighted by Gasteiger charge is -2.19. The second-order valence-corrected chi connectivity index (χ2v) is 8.45. The van der Waals surface area contributed by atoms with E-state index in [9.17, 15) is 14.4 Å². The van der Waals surface area contributed by atoms with Crippen LogP contribution >= 0.6 is 11.8 Å². The summed E-state index contributed by atoms with van der Waals surface area (Å²) in [5.41, 5.74) is -0.503. The van der Waals surface area contributed by atoms with Crippen molar-refractivity contribution >= 4 is 28.5 Å². The smallest absolute Gasteiger partial charge is 0.339 e. The van der Waals surface area contributed by atoms with Crippen LogP contribution in [0.3, 0.4) is 0 Å². The first kappa shape index (κ1) is 24.2. The average molecular weight is 437 g/mol. The second-order valence-electron chi connectivity index (χ2n) is 7.44. The highest BCUT2D eigenvalue weighted by Gasteiger charge is 2.29. The Kier molecular flexibility index (Phi) is 10.1. The average Bonchev–Trinajstić information content (AvgIpc) is 3.20. The number of aliphatic imine (C=N–C) groups is 1. The van der Waals surface area contributed by atoms with Gasteiger partial charge in [-0.25, -0.2) is 4.79 Å². The van der Waals surface area contributed by atoms with Gasteiger partial charge in [-0.15, -0.1) is 11.8 Å². The predicted octanol–water partition coefficient (Wildman–Crippen LogP) is 4.05. The number of unbranched alkanes of at least 4 members (excludes halogenated alkanes) is 4. The Morgan fingerprint density at radius 3 is 2.67 bits per heavy atom. The lowest BCUT2D eigenvalue weighted by molar-refractivity contribution is -0.122. The van der Waals surface area contributed by atoms with Crippen molar-refractivity contribution in [2.45, 2.75) is 77.8 Å². The number of Topliss-reactive ketones (excluding diaryl/α,β-unsaturated/α-hetero) is 1. The van der Waals surface area contributed by atoms with Crippen molar-refractivity contribution in [3.8, 4) is 5.75 Å². The molecule has 0 radical (unpaired) electrons. The van der Waals surface area contributed by atoms with E-state index in [1.807, 2.05) is 6.92 Å². The standard InChI is InChI=1S/C22H32N2O5S/c1-4-6-7-8-9-11-28-16-12-19(29-20(26)13-16)17(10-5-2)23-21(27)18-14-30-22(24-18)15(3)25/h12-13,17-18H,4-11,14H2,1-3H3,(H,23,27). The minimum Gasteiger partial charge on any atom is -0.493 e. The van der Waals surface area contributed by atoms with Gasteiger partial charge in [-0.2, -0.15) is 0 Å². The van der Waals surface area contributed by atoms with Crippen molar-refractivity contribution in [2.75, 3.05) is 12.4 Å². The van der Waals surface area contributed by atoms with Crippen LogP contribution in [0.25, 0.3) is 0 Å². The fourth-order valence-electron chi connectivity index (χ4n) is 3.17. The third kappa shape index (κ3) is 7.63. The van der Waals surface area contributed by atoms with Crippen LogP contribution in [0.2, 0.25) is 0 Å². The van der Waals surface area contributed by atoms with Crippen molar-refractivity contribution < 1.29 is 18.7 Å². The van der Waals surface area contributed by atoms with Crippen molar-refractivity contribution in [1.82, 2.24) is 5.32 Å². The molecular formula is C22H32N2O5S. The first-order valence-corrected chi connectivity index (χ1v) is 11.7.